The molecule has 0 unspecified atom stereocenters. The molecule has 1 atom stereocenters. The van der Waals surface area contributed by atoms with E-state index in [1.807, 2.05) is 6.92 Å². The van der Waals surface area contributed by atoms with Gasteiger partial charge in [-0.05, 0) is 55.2 Å². The molecule has 8 heteroatoms. The number of carbonyl (C=O) groups excluding carboxylic acids is 2. The second-order valence-electron chi connectivity index (χ2n) is 8.44. The molecule has 1 saturated carbocycles. The summed E-state index contributed by atoms with van der Waals surface area (Å²) in [5.74, 6) is -0.869. The summed E-state index contributed by atoms with van der Waals surface area (Å²) in [6.45, 7) is 3.80. The van der Waals surface area contributed by atoms with Crippen molar-refractivity contribution in [1.29, 1.82) is 0 Å². The van der Waals surface area contributed by atoms with Gasteiger partial charge in [0, 0.05) is 25.6 Å². The molecule has 0 radical (unpaired) electrons. The van der Waals surface area contributed by atoms with Gasteiger partial charge in [0.15, 0.2) is 9.84 Å². The van der Waals surface area contributed by atoms with E-state index in [0.717, 1.165) is 31.6 Å². The molecule has 1 aliphatic carbocycles. The van der Waals surface area contributed by atoms with Crippen LogP contribution >= 0.6 is 0 Å². The predicted molar refractivity (Wildman–Crippen MR) is 117 cm³/mol. The van der Waals surface area contributed by atoms with Crippen molar-refractivity contribution in [3.8, 4) is 11.1 Å². The second kappa shape index (κ2) is 7.75. The van der Waals surface area contributed by atoms with Gasteiger partial charge in [-0.2, -0.15) is 0 Å². The highest BCUT2D eigenvalue weighted by molar-refractivity contribution is 7.90. The van der Waals surface area contributed by atoms with Crippen molar-refractivity contribution < 1.29 is 22.4 Å². The topological polar surface area (TPSA) is 74.8 Å². The molecule has 0 spiro atoms. The van der Waals surface area contributed by atoms with E-state index < -0.39 is 15.7 Å². The molecular formula is C23H25FN2O4S. The van der Waals surface area contributed by atoms with Crippen LogP contribution in [-0.4, -0.2) is 39.1 Å². The summed E-state index contributed by atoms with van der Waals surface area (Å²) >= 11 is 0. The second-order valence-corrected chi connectivity index (χ2v) is 10.4. The first-order chi connectivity index (χ1) is 14.6. The van der Waals surface area contributed by atoms with Crippen LogP contribution in [0.2, 0.25) is 0 Å². The number of sulfone groups is 1. The lowest BCUT2D eigenvalue weighted by Crippen LogP contribution is -2.53. The SMILES string of the molecule is CC(=O)N1c2ccc(-c3ccc(F)c(S(C)(=O)=O)c3)cc2N(C(=O)C2CCC2)C[C@@H]1C. The van der Waals surface area contributed by atoms with E-state index in [-0.39, 0.29) is 28.7 Å². The third-order valence-electron chi connectivity index (χ3n) is 6.14. The monoisotopic (exact) mass is 444 g/mol. The zero-order valence-corrected chi connectivity index (χ0v) is 18.6. The summed E-state index contributed by atoms with van der Waals surface area (Å²) in [7, 11) is -3.73. The highest BCUT2D eigenvalue weighted by Gasteiger charge is 2.37. The Kier molecular flexibility index (Phi) is 5.37. The van der Waals surface area contributed by atoms with Crippen LogP contribution in [0.25, 0.3) is 11.1 Å². The largest absolute Gasteiger partial charge is 0.308 e. The maximum atomic E-state index is 14.1. The van der Waals surface area contributed by atoms with E-state index in [9.17, 15) is 22.4 Å². The smallest absolute Gasteiger partial charge is 0.230 e. The van der Waals surface area contributed by atoms with Crippen LogP contribution in [0.4, 0.5) is 15.8 Å². The normalized spacial score (nSPS) is 19.0. The molecule has 0 saturated heterocycles. The quantitative estimate of drug-likeness (QED) is 0.722. The number of rotatable bonds is 3. The zero-order chi connectivity index (χ0) is 22.5. The number of benzene rings is 2. The lowest BCUT2D eigenvalue weighted by molar-refractivity contribution is -0.125. The molecule has 1 fully saturated rings. The van der Waals surface area contributed by atoms with Crippen LogP contribution in [0.3, 0.4) is 0 Å². The molecule has 1 aliphatic heterocycles. The van der Waals surface area contributed by atoms with Gasteiger partial charge < -0.3 is 9.80 Å². The van der Waals surface area contributed by atoms with Gasteiger partial charge in [0.1, 0.15) is 10.7 Å². The van der Waals surface area contributed by atoms with E-state index in [0.29, 0.717) is 29.0 Å². The Bertz CT molecular complexity index is 1170. The summed E-state index contributed by atoms with van der Waals surface area (Å²) in [4.78, 5) is 28.5. The minimum Gasteiger partial charge on any atom is -0.308 e. The number of fused-ring (bicyclic) bond motifs is 1. The molecule has 4 rings (SSSR count). The van der Waals surface area contributed by atoms with Gasteiger partial charge in [-0.1, -0.05) is 18.6 Å². The lowest BCUT2D eigenvalue weighted by atomic mass is 9.84. The third-order valence-corrected chi connectivity index (χ3v) is 7.25. The van der Waals surface area contributed by atoms with Crippen molar-refractivity contribution >= 4 is 33.0 Å². The Labute approximate surface area is 181 Å². The molecule has 2 aliphatic rings. The van der Waals surface area contributed by atoms with Crippen LogP contribution < -0.4 is 9.80 Å². The van der Waals surface area contributed by atoms with Crippen LogP contribution in [0.5, 0.6) is 0 Å². The minimum absolute atomic E-state index is 0.00441. The Morgan fingerprint density at radius 2 is 1.68 bits per heavy atom. The molecule has 31 heavy (non-hydrogen) atoms. The fourth-order valence-corrected chi connectivity index (χ4v) is 5.10. The van der Waals surface area contributed by atoms with Crippen molar-refractivity contribution in [3.05, 3.63) is 42.2 Å². The highest BCUT2D eigenvalue weighted by atomic mass is 32.2. The number of halogens is 1. The van der Waals surface area contributed by atoms with Crippen LogP contribution in [0.1, 0.15) is 33.1 Å². The standard InChI is InChI=1S/C23H25FN2O4S/c1-14-13-25(23(28)16-5-4-6-16)21-11-17(8-10-20(21)26(14)15(2)27)18-7-9-19(24)22(12-18)31(3,29)30/h7-12,14,16H,4-6,13H2,1-3H3/t14-/m0/s1. The third kappa shape index (κ3) is 3.84. The summed E-state index contributed by atoms with van der Waals surface area (Å²) < 4.78 is 37.9. The number of anilines is 2. The molecule has 2 amide bonds. The molecule has 2 aromatic rings. The first kappa shape index (κ1) is 21.5. The maximum absolute atomic E-state index is 14.1. The van der Waals surface area contributed by atoms with Crippen molar-refractivity contribution in [2.75, 3.05) is 22.6 Å². The Hall–Kier alpha value is -2.74. The number of amides is 2. The number of hydrogen-bond acceptors (Lipinski definition) is 4. The van der Waals surface area contributed by atoms with Crippen molar-refractivity contribution in [1.82, 2.24) is 0 Å². The first-order valence-electron chi connectivity index (χ1n) is 10.3. The van der Waals surface area contributed by atoms with E-state index in [1.165, 1.54) is 19.1 Å². The predicted octanol–water partition coefficient (Wildman–Crippen LogP) is 3.78. The van der Waals surface area contributed by atoms with E-state index in [2.05, 4.69) is 0 Å². The minimum atomic E-state index is -3.73. The Balaban J connectivity index is 1.84. The summed E-state index contributed by atoms with van der Waals surface area (Å²) in [5, 5.41) is 0. The fourth-order valence-electron chi connectivity index (χ4n) is 4.34. The van der Waals surface area contributed by atoms with E-state index in [1.54, 1.807) is 28.0 Å². The van der Waals surface area contributed by atoms with Gasteiger partial charge in [-0.15, -0.1) is 0 Å². The lowest BCUT2D eigenvalue weighted by Gasteiger charge is -2.43. The molecule has 2 aromatic carbocycles. The molecule has 164 valence electrons. The molecule has 0 aromatic heterocycles. The van der Waals surface area contributed by atoms with E-state index >= 15 is 0 Å². The summed E-state index contributed by atoms with van der Waals surface area (Å²) in [6, 6.07) is 9.10. The summed E-state index contributed by atoms with van der Waals surface area (Å²) in [6.07, 6.45) is 3.74. The number of hydrogen-bond donors (Lipinski definition) is 0. The maximum Gasteiger partial charge on any atom is 0.230 e. The number of nitrogens with zero attached hydrogens (tertiary/aromatic N) is 2. The van der Waals surface area contributed by atoms with Gasteiger partial charge in [-0.3, -0.25) is 9.59 Å². The molecule has 0 N–H and O–H groups in total. The fraction of sp³-hybridized carbons (Fsp3) is 0.391. The average molecular weight is 445 g/mol. The molecule has 0 bridgehead atoms. The molecule has 1 heterocycles. The van der Waals surface area contributed by atoms with Gasteiger partial charge >= 0.3 is 0 Å². The number of carbonyl (C=O) groups is 2. The molecular weight excluding hydrogens is 419 g/mol. The highest BCUT2D eigenvalue weighted by Crippen LogP contribution is 2.41. The van der Waals surface area contributed by atoms with Crippen LogP contribution in [0, 0.1) is 11.7 Å². The van der Waals surface area contributed by atoms with Gasteiger partial charge in [-0.25, -0.2) is 12.8 Å². The molecule has 6 nitrogen and oxygen atoms in total. The average Bonchev–Trinajstić information content (AvgIpc) is 2.64. The van der Waals surface area contributed by atoms with Gasteiger partial charge in [0.25, 0.3) is 0 Å². The van der Waals surface area contributed by atoms with Gasteiger partial charge in [0.2, 0.25) is 11.8 Å². The van der Waals surface area contributed by atoms with Crippen molar-refractivity contribution in [2.45, 2.75) is 44.0 Å². The van der Waals surface area contributed by atoms with Crippen molar-refractivity contribution in [2.24, 2.45) is 5.92 Å². The van der Waals surface area contributed by atoms with Crippen LogP contribution in [0.15, 0.2) is 41.3 Å². The van der Waals surface area contributed by atoms with Crippen LogP contribution in [-0.2, 0) is 19.4 Å². The Morgan fingerprint density at radius 3 is 2.26 bits per heavy atom. The first-order valence-corrected chi connectivity index (χ1v) is 12.2. The zero-order valence-electron chi connectivity index (χ0n) is 17.8. The van der Waals surface area contributed by atoms with Crippen molar-refractivity contribution in [3.63, 3.8) is 0 Å². The summed E-state index contributed by atoms with van der Waals surface area (Å²) in [5.41, 5.74) is 2.43. The van der Waals surface area contributed by atoms with Gasteiger partial charge in [0.05, 0.1) is 17.4 Å². The Morgan fingerprint density at radius 1 is 1.03 bits per heavy atom. The van der Waals surface area contributed by atoms with E-state index in [4.69, 9.17) is 0 Å².